The van der Waals surface area contributed by atoms with E-state index in [1.54, 1.807) is 18.2 Å². The van der Waals surface area contributed by atoms with E-state index in [-0.39, 0.29) is 13.0 Å². The predicted molar refractivity (Wildman–Crippen MR) is 108 cm³/mol. The number of rotatable bonds is 10. The maximum atomic E-state index is 11.9. The molecule has 1 amide bonds. The van der Waals surface area contributed by atoms with Crippen LogP contribution >= 0.6 is 11.6 Å². The van der Waals surface area contributed by atoms with Crippen molar-refractivity contribution in [3.05, 3.63) is 53.1 Å². The Labute approximate surface area is 169 Å². The smallest absolute Gasteiger partial charge is 0.306 e. The fraction of sp³-hybridized carbons (Fsp3) is 0.333. The van der Waals surface area contributed by atoms with E-state index >= 15 is 0 Å². The van der Waals surface area contributed by atoms with E-state index in [1.165, 1.54) is 0 Å². The summed E-state index contributed by atoms with van der Waals surface area (Å²) in [4.78, 5) is 23.7. The van der Waals surface area contributed by atoms with Gasteiger partial charge in [0, 0.05) is 17.1 Å². The van der Waals surface area contributed by atoms with Gasteiger partial charge in [-0.1, -0.05) is 29.8 Å². The minimum Gasteiger partial charge on any atom is -0.490 e. The second-order valence-corrected chi connectivity index (χ2v) is 6.44. The van der Waals surface area contributed by atoms with Crippen LogP contribution in [0.25, 0.3) is 0 Å². The Balaban J connectivity index is 1.67. The zero-order valence-corrected chi connectivity index (χ0v) is 16.8. The molecule has 0 fully saturated rings. The van der Waals surface area contributed by atoms with Gasteiger partial charge in [0.1, 0.15) is 0 Å². The Morgan fingerprint density at radius 3 is 2.50 bits per heavy atom. The number of ether oxygens (including phenoxy) is 3. The molecular formula is C21H24ClNO5. The summed E-state index contributed by atoms with van der Waals surface area (Å²) >= 11 is 5.91. The first kappa shape index (κ1) is 21.6. The number of amides is 1. The van der Waals surface area contributed by atoms with Crippen molar-refractivity contribution in [3.8, 4) is 11.5 Å². The normalized spacial score (nSPS) is 10.2. The number of para-hydroxylation sites is 2. The Morgan fingerprint density at radius 2 is 1.79 bits per heavy atom. The summed E-state index contributed by atoms with van der Waals surface area (Å²) < 4.78 is 16.1. The van der Waals surface area contributed by atoms with Crippen LogP contribution in [0, 0.1) is 6.92 Å². The number of carbonyl (C=O) groups excluding carboxylic acids is 2. The molecule has 1 N–H and O–H groups in total. The minimum absolute atomic E-state index is 0.153. The summed E-state index contributed by atoms with van der Waals surface area (Å²) in [5.41, 5.74) is 1.46. The Hall–Kier alpha value is -2.73. The number of nitrogens with one attached hydrogen (secondary N) is 1. The third-order valence-electron chi connectivity index (χ3n) is 3.77. The van der Waals surface area contributed by atoms with Crippen molar-refractivity contribution < 1.29 is 23.8 Å². The van der Waals surface area contributed by atoms with Crippen molar-refractivity contribution in [1.29, 1.82) is 0 Å². The molecule has 0 unspecified atom stereocenters. The van der Waals surface area contributed by atoms with Gasteiger partial charge in [-0.2, -0.15) is 0 Å². The lowest BCUT2D eigenvalue weighted by Crippen LogP contribution is -2.21. The van der Waals surface area contributed by atoms with Gasteiger partial charge in [0.05, 0.1) is 13.2 Å². The molecule has 0 aliphatic heterocycles. The summed E-state index contributed by atoms with van der Waals surface area (Å²) in [6.45, 7) is 4.29. The molecule has 0 aliphatic rings. The van der Waals surface area contributed by atoms with Crippen LogP contribution in [0.4, 0.5) is 5.69 Å². The molecule has 150 valence electrons. The first-order valence-electron chi connectivity index (χ1n) is 9.06. The highest BCUT2D eigenvalue weighted by molar-refractivity contribution is 6.31. The van der Waals surface area contributed by atoms with Gasteiger partial charge < -0.3 is 19.5 Å². The number of aryl methyl sites for hydroxylation is 1. The largest absolute Gasteiger partial charge is 0.490 e. The molecule has 0 saturated heterocycles. The molecular weight excluding hydrogens is 382 g/mol. The molecule has 28 heavy (non-hydrogen) atoms. The quantitative estimate of drug-likeness (QED) is 0.468. The second-order valence-electron chi connectivity index (χ2n) is 6.00. The maximum Gasteiger partial charge on any atom is 0.306 e. The van der Waals surface area contributed by atoms with Crippen LogP contribution in [0.3, 0.4) is 0 Å². The standard InChI is InChI=1S/C21H24ClNO5/c1-3-26-18-7-4-5-8-19(18)27-12-6-9-21(25)28-14-20(24)23-17-13-16(22)11-10-15(17)2/h4-5,7-8,10-11,13H,3,6,9,12,14H2,1-2H3,(H,23,24). The topological polar surface area (TPSA) is 73.9 Å². The van der Waals surface area contributed by atoms with Crippen molar-refractivity contribution in [3.63, 3.8) is 0 Å². The van der Waals surface area contributed by atoms with E-state index < -0.39 is 11.9 Å². The van der Waals surface area contributed by atoms with E-state index in [4.69, 9.17) is 25.8 Å². The molecule has 7 heteroatoms. The summed E-state index contributed by atoms with van der Waals surface area (Å²) in [7, 11) is 0. The van der Waals surface area contributed by atoms with E-state index in [9.17, 15) is 9.59 Å². The van der Waals surface area contributed by atoms with Crippen LogP contribution in [-0.4, -0.2) is 31.7 Å². The van der Waals surface area contributed by atoms with Gasteiger partial charge in [0.2, 0.25) is 0 Å². The fourth-order valence-corrected chi connectivity index (χ4v) is 2.55. The third kappa shape index (κ3) is 7.12. The summed E-state index contributed by atoms with van der Waals surface area (Å²) in [5, 5.41) is 3.19. The molecule has 0 bridgehead atoms. The highest BCUT2D eigenvalue weighted by Crippen LogP contribution is 2.26. The lowest BCUT2D eigenvalue weighted by Gasteiger charge is -2.11. The van der Waals surface area contributed by atoms with E-state index in [2.05, 4.69) is 5.32 Å². The van der Waals surface area contributed by atoms with Crippen LogP contribution in [0.5, 0.6) is 11.5 Å². The van der Waals surface area contributed by atoms with Gasteiger partial charge in [-0.3, -0.25) is 9.59 Å². The zero-order valence-electron chi connectivity index (χ0n) is 16.0. The molecule has 6 nitrogen and oxygen atoms in total. The fourth-order valence-electron chi connectivity index (χ4n) is 2.38. The van der Waals surface area contributed by atoms with Crippen molar-refractivity contribution in [1.82, 2.24) is 0 Å². The summed E-state index contributed by atoms with van der Waals surface area (Å²) in [6.07, 6.45) is 0.620. The van der Waals surface area contributed by atoms with Crippen molar-refractivity contribution in [2.24, 2.45) is 0 Å². The molecule has 2 aromatic rings. The highest BCUT2D eigenvalue weighted by Gasteiger charge is 2.10. The van der Waals surface area contributed by atoms with Crippen LogP contribution in [-0.2, 0) is 14.3 Å². The number of hydrogen-bond donors (Lipinski definition) is 1. The highest BCUT2D eigenvalue weighted by atomic mass is 35.5. The predicted octanol–water partition coefficient (Wildman–Crippen LogP) is 4.39. The van der Waals surface area contributed by atoms with Gasteiger partial charge in [-0.25, -0.2) is 0 Å². The maximum absolute atomic E-state index is 11.9. The number of esters is 1. The molecule has 2 rings (SSSR count). The number of carbonyl (C=O) groups is 2. The van der Waals surface area contributed by atoms with Crippen molar-refractivity contribution in [2.45, 2.75) is 26.7 Å². The van der Waals surface area contributed by atoms with E-state index in [1.807, 2.05) is 38.1 Å². The molecule has 0 heterocycles. The summed E-state index contributed by atoms with van der Waals surface area (Å²) in [6, 6.07) is 12.5. The Bertz CT molecular complexity index is 809. The second kappa shape index (κ2) is 11.2. The summed E-state index contributed by atoms with van der Waals surface area (Å²) in [5.74, 6) is 0.426. The van der Waals surface area contributed by atoms with Gasteiger partial charge in [-0.15, -0.1) is 0 Å². The number of benzene rings is 2. The minimum atomic E-state index is -0.459. The molecule has 0 aromatic heterocycles. The Morgan fingerprint density at radius 1 is 1.07 bits per heavy atom. The lowest BCUT2D eigenvalue weighted by atomic mass is 10.2. The van der Waals surface area contributed by atoms with Crippen LogP contribution < -0.4 is 14.8 Å². The SMILES string of the molecule is CCOc1ccccc1OCCCC(=O)OCC(=O)Nc1cc(Cl)ccc1C. The monoisotopic (exact) mass is 405 g/mol. The molecule has 0 atom stereocenters. The van der Waals surface area contributed by atoms with Crippen LogP contribution in [0.2, 0.25) is 5.02 Å². The van der Waals surface area contributed by atoms with E-state index in [0.29, 0.717) is 41.8 Å². The van der Waals surface area contributed by atoms with Gasteiger partial charge in [0.15, 0.2) is 18.1 Å². The molecule has 0 spiro atoms. The first-order chi connectivity index (χ1) is 13.5. The number of halogens is 1. The van der Waals surface area contributed by atoms with Crippen molar-refractivity contribution in [2.75, 3.05) is 25.1 Å². The average molecular weight is 406 g/mol. The molecule has 0 aliphatic carbocycles. The van der Waals surface area contributed by atoms with Crippen LogP contribution in [0.15, 0.2) is 42.5 Å². The average Bonchev–Trinajstić information content (AvgIpc) is 2.68. The van der Waals surface area contributed by atoms with E-state index in [0.717, 1.165) is 5.56 Å². The molecule has 0 radical (unpaired) electrons. The number of anilines is 1. The molecule has 0 saturated carbocycles. The van der Waals surface area contributed by atoms with Crippen LogP contribution in [0.1, 0.15) is 25.3 Å². The lowest BCUT2D eigenvalue weighted by molar-refractivity contribution is -0.147. The van der Waals surface area contributed by atoms with Gasteiger partial charge in [0.25, 0.3) is 5.91 Å². The van der Waals surface area contributed by atoms with Gasteiger partial charge in [-0.05, 0) is 50.1 Å². The Kier molecular flexibility index (Phi) is 8.62. The third-order valence-corrected chi connectivity index (χ3v) is 4.00. The van der Waals surface area contributed by atoms with Crippen molar-refractivity contribution >= 4 is 29.2 Å². The zero-order chi connectivity index (χ0) is 20.4. The number of hydrogen-bond acceptors (Lipinski definition) is 5. The first-order valence-corrected chi connectivity index (χ1v) is 9.43. The molecule has 2 aromatic carbocycles. The van der Waals surface area contributed by atoms with Gasteiger partial charge >= 0.3 is 5.97 Å².